The van der Waals surface area contributed by atoms with E-state index in [4.69, 9.17) is 0 Å². The standard InChI is InChI=1S/C26H40N2O.2C2H6/c1-5-9-21(7-3)18-25(29)23-13-11-22(12-14-23)19-28-26(20(4)6-2)24-10-8-16-27-17-15-24;2*1-2/h6,11-14,21,27-28H,5,7-10,15-19H2,1-4H3;2*1-2H3/b20-6-,26-24-;;. The second-order valence-corrected chi connectivity index (χ2v) is 8.29. The molecule has 1 aliphatic rings. The van der Waals surface area contributed by atoms with Gasteiger partial charge in [-0.15, -0.1) is 0 Å². The zero-order valence-corrected chi connectivity index (χ0v) is 22.9. The van der Waals surface area contributed by atoms with Crippen LogP contribution in [0.1, 0.15) is 116 Å². The maximum absolute atomic E-state index is 12.6. The number of benzene rings is 1. The van der Waals surface area contributed by atoms with E-state index in [2.05, 4.69) is 56.5 Å². The summed E-state index contributed by atoms with van der Waals surface area (Å²) in [5, 5.41) is 7.18. The fraction of sp³-hybridized carbons (Fsp3) is 0.633. The van der Waals surface area contributed by atoms with Gasteiger partial charge in [0.25, 0.3) is 0 Å². The summed E-state index contributed by atoms with van der Waals surface area (Å²) >= 11 is 0. The molecule has 0 aromatic heterocycles. The Labute approximate surface area is 205 Å². The summed E-state index contributed by atoms with van der Waals surface area (Å²) in [6.45, 7) is 19.6. The van der Waals surface area contributed by atoms with Gasteiger partial charge >= 0.3 is 0 Å². The summed E-state index contributed by atoms with van der Waals surface area (Å²) in [7, 11) is 0. The zero-order chi connectivity index (χ0) is 25.1. The van der Waals surface area contributed by atoms with Crippen LogP contribution in [0.25, 0.3) is 0 Å². The van der Waals surface area contributed by atoms with Crippen molar-refractivity contribution in [1.82, 2.24) is 10.6 Å². The fourth-order valence-corrected chi connectivity index (χ4v) is 4.09. The smallest absolute Gasteiger partial charge is 0.163 e. The van der Waals surface area contributed by atoms with Crippen LogP contribution >= 0.6 is 0 Å². The summed E-state index contributed by atoms with van der Waals surface area (Å²) in [5.74, 6) is 0.796. The second-order valence-electron chi connectivity index (χ2n) is 8.29. The average Bonchev–Trinajstić information content (AvgIpc) is 3.16. The maximum Gasteiger partial charge on any atom is 0.163 e. The van der Waals surface area contributed by atoms with Gasteiger partial charge in [0.15, 0.2) is 5.78 Å². The van der Waals surface area contributed by atoms with Crippen molar-refractivity contribution < 1.29 is 4.79 Å². The summed E-state index contributed by atoms with van der Waals surface area (Å²) in [5.41, 5.74) is 6.22. The Morgan fingerprint density at radius 3 is 2.30 bits per heavy atom. The quantitative estimate of drug-likeness (QED) is 0.348. The van der Waals surface area contributed by atoms with Gasteiger partial charge in [-0.3, -0.25) is 4.79 Å². The van der Waals surface area contributed by atoms with Crippen LogP contribution in [0.3, 0.4) is 0 Å². The highest BCUT2D eigenvalue weighted by molar-refractivity contribution is 5.96. The maximum atomic E-state index is 12.6. The van der Waals surface area contributed by atoms with Crippen LogP contribution in [-0.2, 0) is 6.54 Å². The van der Waals surface area contributed by atoms with Crippen molar-refractivity contribution in [3.8, 4) is 0 Å². The highest BCUT2D eigenvalue weighted by atomic mass is 16.1. The molecule has 1 aliphatic heterocycles. The molecule has 1 fully saturated rings. The van der Waals surface area contributed by atoms with E-state index in [1.807, 2.05) is 39.8 Å². The zero-order valence-electron chi connectivity index (χ0n) is 22.9. The Kier molecular flexibility index (Phi) is 18.5. The van der Waals surface area contributed by atoms with Crippen LogP contribution in [0.4, 0.5) is 0 Å². The summed E-state index contributed by atoms with van der Waals surface area (Å²) in [4.78, 5) is 12.6. The normalized spacial score (nSPS) is 16.3. The Morgan fingerprint density at radius 1 is 1.06 bits per heavy atom. The second kappa shape index (κ2) is 19.6. The van der Waals surface area contributed by atoms with Gasteiger partial charge in [0, 0.05) is 24.2 Å². The van der Waals surface area contributed by atoms with Crippen LogP contribution in [-0.4, -0.2) is 18.9 Å². The molecule has 0 aliphatic carbocycles. The third kappa shape index (κ3) is 11.7. The average molecular weight is 457 g/mol. The molecule has 3 nitrogen and oxygen atoms in total. The molecule has 0 saturated carbocycles. The molecule has 1 aromatic rings. The molecule has 0 bridgehead atoms. The van der Waals surface area contributed by atoms with Gasteiger partial charge in [0.1, 0.15) is 0 Å². The lowest BCUT2D eigenvalue weighted by Crippen LogP contribution is -2.17. The van der Waals surface area contributed by atoms with Crippen molar-refractivity contribution in [1.29, 1.82) is 0 Å². The van der Waals surface area contributed by atoms with E-state index in [0.29, 0.717) is 12.3 Å². The Morgan fingerprint density at radius 2 is 1.73 bits per heavy atom. The monoisotopic (exact) mass is 456 g/mol. The van der Waals surface area contributed by atoms with E-state index in [9.17, 15) is 4.79 Å². The number of Topliss-reactive ketones (excluding diaryl/α,β-unsaturated/α-hetero) is 1. The van der Waals surface area contributed by atoms with Gasteiger partial charge < -0.3 is 10.6 Å². The third-order valence-electron chi connectivity index (χ3n) is 6.11. The van der Waals surface area contributed by atoms with E-state index < -0.39 is 0 Å². The third-order valence-corrected chi connectivity index (χ3v) is 6.11. The molecule has 33 heavy (non-hydrogen) atoms. The van der Waals surface area contributed by atoms with Gasteiger partial charge in [0.05, 0.1) is 0 Å². The van der Waals surface area contributed by atoms with E-state index in [1.165, 1.54) is 28.8 Å². The van der Waals surface area contributed by atoms with Crippen molar-refractivity contribution in [2.45, 2.75) is 107 Å². The molecular formula is C30H52N2O. The molecule has 1 atom stereocenters. The van der Waals surface area contributed by atoms with E-state index in [1.54, 1.807) is 0 Å². The van der Waals surface area contributed by atoms with Crippen molar-refractivity contribution in [3.63, 3.8) is 0 Å². The first-order valence-electron chi connectivity index (χ1n) is 13.5. The van der Waals surface area contributed by atoms with Crippen LogP contribution < -0.4 is 10.6 Å². The number of ketones is 1. The van der Waals surface area contributed by atoms with E-state index in [-0.39, 0.29) is 5.78 Å². The minimum Gasteiger partial charge on any atom is -0.381 e. The highest BCUT2D eigenvalue weighted by Crippen LogP contribution is 2.22. The molecule has 188 valence electrons. The number of carbonyl (C=O) groups is 1. The molecule has 1 saturated heterocycles. The number of hydrogen-bond donors (Lipinski definition) is 2. The van der Waals surface area contributed by atoms with Crippen molar-refractivity contribution in [2.24, 2.45) is 5.92 Å². The van der Waals surface area contributed by atoms with Crippen LogP contribution in [0.5, 0.6) is 0 Å². The Balaban J connectivity index is 0.00000242. The first-order chi connectivity index (χ1) is 16.1. The number of rotatable bonds is 10. The number of carbonyl (C=O) groups excluding carboxylic acids is 1. The lowest BCUT2D eigenvalue weighted by Gasteiger charge is -2.17. The predicted octanol–water partition coefficient (Wildman–Crippen LogP) is 8.22. The lowest BCUT2D eigenvalue weighted by atomic mass is 9.92. The molecule has 1 aromatic carbocycles. The van der Waals surface area contributed by atoms with Gasteiger partial charge in [-0.1, -0.05) is 91.1 Å². The minimum atomic E-state index is 0.281. The van der Waals surface area contributed by atoms with Gasteiger partial charge in [0.2, 0.25) is 0 Å². The molecule has 3 heteroatoms. The fourth-order valence-electron chi connectivity index (χ4n) is 4.09. The molecule has 0 radical (unpaired) electrons. The van der Waals surface area contributed by atoms with Crippen LogP contribution in [0, 0.1) is 5.92 Å². The van der Waals surface area contributed by atoms with Crippen molar-refractivity contribution in [3.05, 3.63) is 58.3 Å². The van der Waals surface area contributed by atoms with Crippen molar-refractivity contribution >= 4 is 5.78 Å². The minimum absolute atomic E-state index is 0.281. The molecule has 0 amide bonds. The molecule has 1 unspecified atom stereocenters. The van der Waals surface area contributed by atoms with Crippen LogP contribution in [0.15, 0.2) is 47.2 Å². The Hall–Kier alpha value is -1.87. The van der Waals surface area contributed by atoms with E-state index >= 15 is 0 Å². The molecule has 1 heterocycles. The summed E-state index contributed by atoms with van der Waals surface area (Å²) < 4.78 is 0. The van der Waals surface area contributed by atoms with Crippen molar-refractivity contribution in [2.75, 3.05) is 13.1 Å². The molecular weight excluding hydrogens is 404 g/mol. The van der Waals surface area contributed by atoms with Crippen LogP contribution in [0.2, 0.25) is 0 Å². The highest BCUT2D eigenvalue weighted by Gasteiger charge is 2.14. The molecule has 2 N–H and O–H groups in total. The first-order valence-corrected chi connectivity index (χ1v) is 13.5. The number of hydrogen-bond acceptors (Lipinski definition) is 3. The van der Waals surface area contributed by atoms with Gasteiger partial charge in [-0.25, -0.2) is 0 Å². The first kappa shape index (κ1) is 31.1. The topological polar surface area (TPSA) is 41.1 Å². The lowest BCUT2D eigenvalue weighted by molar-refractivity contribution is 0.0957. The van der Waals surface area contributed by atoms with Gasteiger partial charge in [-0.05, 0) is 68.8 Å². The Bertz CT molecular complexity index is 691. The van der Waals surface area contributed by atoms with Gasteiger partial charge in [-0.2, -0.15) is 0 Å². The number of allylic oxidation sites excluding steroid dienone is 2. The molecule has 0 spiro atoms. The summed E-state index contributed by atoms with van der Waals surface area (Å²) in [6, 6.07) is 8.21. The largest absolute Gasteiger partial charge is 0.381 e. The summed E-state index contributed by atoms with van der Waals surface area (Å²) in [6.07, 6.45) is 9.70. The molecule has 2 rings (SSSR count). The SMILES string of the molecule is C/C=C(C)\C(NCc1ccc(C(=O)CC(CC)CCC)cc1)=C1/CCCNCC1.CC.CC. The predicted molar refractivity (Wildman–Crippen MR) is 147 cm³/mol. The number of nitrogens with one attached hydrogen (secondary N) is 2. The van der Waals surface area contributed by atoms with E-state index in [0.717, 1.165) is 57.3 Å².